The summed E-state index contributed by atoms with van der Waals surface area (Å²) in [5, 5.41) is 10.3. The molecule has 0 saturated heterocycles. The first-order valence-electron chi connectivity index (χ1n) is 9.13. The number of hydrogen-bond acceptors (Lipinski definition) is 3. The highest BCUT2D eigenvalue weighted by Gasteiger charge is 2.31. The van der Waals surface area contributed by atoms with Gasteiger partial charge in [0.05, 0.1) is 13.2 Å². The molecule has 0 aliphatic carbocycles. The topological polar surface area (TPSA) is 32.7 Å². The first-order valence-corrected chi connectivity index (χ1v) is 9.13. The smallest absolute Gasteiger partial charge is 0.150 e. The lowest BCUT2D eigenvalue weighted by atomic mass is 9.88. The minimum Gasteiger partial charge on any atom is -0.508 e. The van der Waals surface area contributed by atoms with Gasteiger partial charge in [-0.3, -0.25) is 0 Å². The molecule has 3 nitrogen and oxygen atoms in total. The largest absolute Gasteiger partial charge is 0.508 e. The van der Waals surface area contributed by atoms with Crippen molar-refractivity contribution < 1.29 is 14.2 Å². The van der Waals surface area contributed by atoms with Crippen molar-refractivity contribution in [2.24, 2.45) is 0 Å². The van der Waals surface area contributed by atoms with Gasteiger partial charge in [-0.15, -0.1) is 0 Å². The van der Waals surface area contributed by atoms with Gasteiger partial charge in [-0.2, -0.15) is 0 Å². The number of rotatable bonds is 4. The van der Waals surface area contributed by atoms with Gasteiger partial charge in [0.25, 0.3) is 0 Å². The van der Waals surface area contributed by atoms with Gasteiger partial charge in [0.15, 0.2) is 0 Å². The van der Waals surface area contributed by atoms with Crippen LogP contribution in [0.1, 0.15) is 22.7 Å². The fourth-order valence-corrected chi connectivity index (χ4v) is 3.97. The molecule has 1 unspecified atom stereocenters. The second-order valence-electron chi connectivity index (χ2n) is 6.78. The molecule has 0 saturated carbocycles. The summed E-state index contributed by atoms with van der Waals surface area (Å²) in [6.45, 7) is 0.687. The minimum absolute atomic E-state index is 0.0888. The Labute approximate surface area is 158 Å². The highest BCUT2D eigenvalue weighted by atomic mass is 19.1. The number of halogens is 1. The molecule has 3 aromatic carbocycles. The fourth-order valence-electron chi connectivity index (χ4n) is 3.97. The average molecular weight is 363 g/mol. The molecule has 0 fully saturated rings. The molecule has 27 heavy (non-hydrogen) atoms. The van der Waals surface area contributed by atoms with Crippen LogP contribution < -0.4 is 9.64 Å². The predicted octanol–water partition coefficient (Wildman–Crippen LogP) is 4.89. The molecular weight excluding hydrogens is 341 g/mol. The number of anilines is 1. The van der Waals surface area contributed by atoms with Crippen molar-refractivity contribution in [3.05, 3.63) is 89.2 Å². The zero-order chi connectivity index (χ0) is 18.8. The van der Waals surface area contributed by atoms with E-state index in [1.807, 2.05) is 30.3 Å². The van der Waals surface area contributed by atoms with Crippen molar-refractivity contribution in [2.75, 3.05) is 18.6 Å². The molecule has 1 N–H and O–H groups in total. The van der Waals surface area contributed by atoms with E-state index in [0.717, 1.165) is 17.5 Å². The van der Waals surface area contributed by atoms with Crippen LogP contribution in [0.15, 0.2) is 66.7 Å². The summed E-state index contributed by atoms with van der Waals surface area (Å²) < 4.78 is 20.3. The predicted molar refractivity (Wildman–Crippen MR) is 105 cm³/mol. The second kappa shape index (κ2) is 7.31. The number of hydrogen-bond donors (Lipinski definition) is 1. The highest BCUT2D eigenvalue weighted by molar-refractivity contribution is 5.62. The maximum atomic E-state index is 14.8. The van der Waals surface area contributed by atoms with Gasteiger partial charge in [0.1, 0.15) is 23.0 Å². The van der Waals surface area contributed by atoms with Crippen molar-refractivity contribution in [1.29, 1.82) is 0 Å². The summed E-state index contributed by atoms with van der Waals surface area (Å²) in [7, 11) is 1.56. The Hall–Kier alpha value is -3.01. The number of ether oxygens (including phenoxy) is 1. The number of phenols is 1. The highest BCUT2D eigenvalue weighted by Crippen LogP contribution is 2.42. The number of nitrogens with zero attached hydrogens (tertiary/aromatic N) is 1. The standard InChI is InChI=1S/C23H22FNO2/c1-27-22-12-6-10-19(24)23(22)25-14-13-16-7-2-4-9-18(16)20(25)15-17-8-3-5-11-21(17)26/h2-12,20,26H,13-15H2,1H3. The Balaban J connectivity index is 1.83. The number of phenolic OH excluding ortho intramolecular Hbond substituents is 1. The van der Waals surface area contributed by atoms with E-state index in [2.05, 4.69) is 17.0 Å². The number of methoxy groups -OCH3 is 1. The summed E-state index contributed by atoms with van der Waals surface area (Å²) in [6, 6.07) is 20.4. The monoisotopic (exact) mass is 363 g/mol. The Kier molecular flexibility index (Phi) is 4.71. The number of aromatic hydroxyl groups is 1. The van der Waals surface area contributed by atoms with Crippen LogP contribution in [0, 0.1) is 5.82 Å². The first kappa shape index (κ1) is 17.4. The lowest BCUT2D eigenvalue weighted by molar-refractivity contribution is 0.406. The van der Waals surface area contributed by atoms with Crippen LogP contribution >= 0.6 is 0 Å². The van der Waals surface area contributed by atoms with Gasteiger partial charge in [0, 0.05) is 13.0 Å². The molecule has 4 rings (SSSR count). The van der Waals surface area contributed by atoms with Crippen LogP contribution in [0.5, 0.6) is 11.5 Å². The molecule has 1 heterocycles. The third-order valence-electron chi connectivity index (χ3n) is 5.27. The van der Waals surface area contributed by atoms with Crippen LogP contribution in [-0.2, 0) is 12.8 Å². The number of fused-ring (bicyclic) bond motifs is 1. The zero-order valence-electron chi connectivity index (χ0n) is 15.2. The van der Waals surface area contributed by atoms with Gasteiger partial charge in [-0.25, -0.2) is 4.39 Å². The van der Waals surface area contributed by atoms with Gasteiger partial charge < -0.3 is 14.7 Å². The quantitative estimate of drug-likeness (QED) is 0.717. The summed E-state index contributed by atoms with van der Waals surface area (Å²) >= 11 is 0. The second-order valence-corrected chi connectivity index (χ2v) is 6.78. The Morgan fingerprint density at radius 2 is 1.81 bits per heavy atom. The summed E-state index contributed by atoms with van der Waals surface area (Å²) in [5.41, 5.74) is 3.76. The third kappa shape index (κ3) is 3.23. The molecule has 4 heteroatoms. The van der Waals surface area contributed by atoms with Gasteiger partial charge in [-0.05, 0) is 41.3 Å². The fraction of sp³-hybridized carbons (Fsp3) is 0.217. The normalized spacial score (nSPS) is 16.1. The van der Waals surface area contributed by atoms with Crippen molar-refractivity contribution >= 4 is 5.69 Å². The van der Waals surface area contributed by atoms with Crippen molar-refractivity contribution in [3.63, 3.8) is 0 Å². The molecule has 1 atom stereocenters. The van der Waals surface area contributed by atoms with Crippen molar-refractivity contribution in [2.45, 2.75) is 18.9 Å². The van der Waals surface area contributed by atoms with E-state index in [4.69, 9.17) is 4.74 Å². The Bertz CT molecular complexity index is 957. The maximum Gasteiger partial charge on any atom is 0.150 e. The van der Waals surface area contributed by atoms with E-state index in [1.165, 1.54) is 11.6 Å². The third-order valence-corrected chi connectivity index (χ3v) is 5.27. The SMILES string of the molecule is COc1cccc(F)c1N1CCc2ccccc2C1Cc1ccccc1O. The Morgan fingerprint density at radius 1 is 1.04 bits per heavy atom. The Morgan fingerprint density at radius 3 is 2.63 bits per heavy atom. The van der Waals surface area contributed by atoms with Crippen LogP contribution in [0.4, 0.5) is 10.1 Å². The van der Waals surface area contributed by atoms with E-state index >= 15 is 0 Å². The summed E-state index contributed by atoms with van der Waals surface area (Å²) in [6.07, 6.45) is 1.42. The lowest BCUT2D eigenvalue weighted by Gasteiger charge is -2.40. The molecule has 1 aliphatic rings. The molecule has 0 amide bonds. The molecule has 1 aliphatic heterocycles. The molecule has 138 valence electrons. The number of para-hydroxylation sites is 2. The average Bonchev–Trinajstić information content (AvgIpc) is 2.70. The molecule has 0 radical (unpaired) electrons. The summed E-state index contributed by atoms with van der Waals surface area (Å²) in [5.74, 6) is 0.494. The van der Waals surface area contributed by atoms with Crippen LogP contribution in [-0.4, -0.2) is 18.8 Å². The van der Waals surface area contributed by atoms with E-state index in [9.17, 15) is 9.50 Å². The van der Waals surface area contributed by atoms with Crippen LogP contribution in [0.2, 0.25) is 0 Å². The summed E-state index contributed by atoms with van der Waals surface area (Å²) in [4.78, 5) is 2.07. The van der Waals surface area contributed by atoms with Crippen molar-refractivity contribution in [3.8, 4) is 11.5 Å². The molecular formula is C23H22FNO2. The van der Waals surface area contributed by atoms with E-state index < -0.39 is 0 Å². The molecule has 0 spiro atoms. The van der Waals surface area contributed by atoms with Gasteiger partial charge in [-0.1, -0.05) is 48.5 Å². The van der Waals surface area contributed by atoms with Gasteiger partial charge >= 0.3 is 0 Å². The molecule has 0 bridgehead atoms. The van der Waals surface area contributed by atoms with Crippen LogP contribution in [0.3, 0.4) is 0 Å². The van der Waals surface area contributed by atoms with E-state index in [1.54, 1.807) is 25.3 Å². The van der Waals surface area contributed by atoms with E-state index in [0.29, 0.717) is 24.4 Å². The molecule has 0 aromatic heterocycles. The van der Waals surface area contributed by atoms with E-state index in [-0.39, 0.29) is 17.6 Å². The lowest BCUT2D eigenvalue weighted by Crippen LogP contribution is -2.37. The van der Waals surface area contributed by atoms with Crippen molar-refractivity contribution in [1.82, 2.24) is 0 Å². The maximum absolute atomic E-state index is 14.8. The zero-order valence-corrected chi connectivity index (χ0v) is 15.2. The van der Waals surface area contributed by atoms with Gasteiger partial charge in [0.2, 0.25) is 0 Å². The minimum atomic E-state index is -0.295. The molecule has 3 aromatic rings. The first-order chi connectivity index (χ1) is 13.2. The number of benzene rings is 3. The van der Waals surface area contributed by atoms with Crippen LogP contribution in [0.25, 0.3) is 0 Å².